The monoisotopic (exact) mass is 352 g/mol. The molecule has 0 radical (unpaired) electrons. The Morgan fingerprint density at radius 2 is 1.70 bits per heavy atom. The number of alkyl halides is 3. The number of halogens is 6. The highest BCUT2D eigenvalue weighted by atomic mass is 35.5. The van der Waals surface area contributed by atoms with Crippen LogP contribution in [0.1, 0.15) is 15.9 Å². The quantitative estimate of drug-likeness (QED) is 0.779. The largest absolute Gasteiger partial charge is 0.477 e. The van der Waals surface area contributed by atoms with E-state index in [0.29, 0.717) is 12.1 Å². The summed E-state index contributed by atoms with van der Waals surface area (Å²) in [5.41, 5.74) is -3.05. The average Bonchev–Trinajstić information content (AvgIpc) is 2.40. The molecule has 0 aromatic heterocycles. The number of benzene rings is 2. The number of hydrogen-bond donors (Lipinski definition) is 1. The van der Waals surface area contributed by atoms with Crippen molar-refractivity contribution in [3.05, 3.63) is 58.1 Å². The number of aromatic carboxylic acids is 1. The molecule has 0 heterocycles. The lowest BCUT2D eigenvalue weighted by Gasteiger charge is -2.14. The summed E-state index contributed by atoms with van der Waals surface area (Å²) >= 11 is 5.67. The summed E-state index contributed by atoms with van der Waals surface area (Å²) in [6.07, 6.45) is -5.07. The third-order valence-corrected chi connectivity index (χ3v) is 3.03. The van der Waals surface area contributed by atoms with Gasteiger partial charge in [0.25, 0.3) is 0 Å². The Kier molecular flexibility index (Phi) is 4.46. The average molecular weight is 353 g/mol. The van der Waals surface area contributed by atoms with Gasteiger partial charge >= 0.3 is 12.1 Å². The first-order chi connectivity index (χ1) is 10.6. The standard InChI is InChI=1S/C14H6ClF5O3/c15-8-5-6(16)1-3-9(8)23-10-4-2-7(14(18,19)20)12(17)11(10)13(21)22/h1-5H,(H,21,22). The lowest BCUT2D eigenvalue weighted by Crippen LogP contribution is -2.13. The highest BCUT2D eigenvalue weighted by molar-refractivity contribution is 6.32. The topological polar surface area (TPSA) is 46.5 Å². The Morgan fingerprint density at radius 1 is 1.09 bits per heavy atom. The zero-order valence-electron chi connectivity index (χ0n) is 10.9. The van der Waals surface area contributed by atoms with E-state index in [0.717, 1.165) is 18.2 Å². The molecule has 0 saturated heterocycles. The van der Waals surface area contributed by atoms with Crippen LogP contribution in [0.4, 0.5) is 22.0 Å². The summed E-state index contributed by atoms with van der Waals surface area (Å²) in [6.45, 7) is 0. The maximum atomic E-state index is 13.9. The van der Waals surface area contributed by atoms with E-state index in [2.05, 4.69) is 0 Å². The van der Waals surface area contributed by atoms with Gasteiger partial charge in [-0.1, -0.05) is 11.6 Å². The van der Waals surface area contributed by atoms with Crippen LogP contribution in [0.15, 0.2) is 30.3 Å². The van der Waals surface area contributed by atoms with Crippen LogP contribution in [0.25, 0.3) is 0 Å². The molecular formula is C14H6ClF5O3. The van der Waals surface area contributed by atoms with Crippen molar-refractivity contribution in [1.29, 1.82) is 0 Å². The number of rotatable bonds is 3. The van der Waals surface area contributed by atoms with Gasteiger partial charge in [-0.3, -0.25) is 0 Å². The smallest absolute Gasteiger partial charge is 0.419 e. The predicted molar refractivity (Wildman–Crippen MR) is 69.8 cm³/mol. The summed E-state index contributed by atoms with van der Waals surface area (Å²) in [7, 11) is 0. The van der Waals surface area contributed by atoms with Gasteiger partial charge < -0.3 is 9.84 Å². The van der Waals surface area contributed by atoms with Gasteiger partial charge in [-0.05, 0) is 30.3 Å². The molecule has 2 aromatic carbocycles. The molecule has 2 aromatic rings. The van der Waals surface area contributed by atoms with E-state index in [4.69, 9.17) is 21.4 Å². The summed E-state index contributed by atoms with van der Waals surface area (Å²) in [5, 5.41) is 8.69. The van der Waals surface area contributed by atoms with Gasteiger partial charge in [0.05, 0.1) is 10.6 Å². The van der Waals surface area contributed by atoms with Crippen molar-refractivity contribution in [3.63, 3.8) is 0 Å². The van der Waals surface area contributed by atoms with Gasteiger partial charge in [0.15, 0.2) is 5.82 Å². The van der Waals surface area contributed by atoms with E-state index < -0.39 is 40.7 Å². The van der Waals surface area contributed by atoms with E-state index in [1.807, 2.05) is 0 Å². The molecule has 0 saturated carbocycles. The molecule has 0 spiro atoms. The van der Waals surface area contributed by atoms with Crippen molar-refractivity contribution in [2.75, 3.05) is 0 Å². The minimum atomic E-state index is -5.07. The number of carboxylic acid groups (broad SMARTS) is 1. The van der Waals surface area contributed by atoms with E-state index in [1.54, 1.807) is 0 Å². The maximum Gasteiger partial charge on any atom is 0.419 e. The second kappa shape index (κ2) is 6.04. The van der Waals surface area contributed by atoms with Crippen molar-refractivity contribution in [2.24, 2.45) is 0 Å². The Balaban J connectivity index is 2.55. The van der Waals surface area contributed by atoms with Gasteiger partial charge in [0.1, 0.15) is 22.9 Å². The fourth-order valence-electron chi connectivity index (χ4n) is 1.74. The number of ether oxygens (including phenoxy) is 1. The Morgan fingerprint density at radius 3 is 2.22 bits per heavy atom. The number of carboxylic acids is 1. The molecule has 122 valence electrons. The molecule has 0 amide bonds. The fraction of sp³-hybridized carbons (Fsp3) is 0.0714. The summed E-state index contributed by atoms with van der Waals surface area (Å²) in [4.78, 5) is 11.1. The summed E-state index contributed by atoms with van der Waals surface area (Å²) < 4.78 is 69.7. The van der Waals surface area contributed by atoms with Gasteiger partial charge in [-0.15, -0.1) is 0 Å². The summed E-state index contributed by atoms with van der Waals surface area (Å²) in [5.74, 6) is -5.59. The molecule has 0 atom stereocenters. The van der Waals surface area contributed by atoms with Crippen LogP contribution < -0.4 is 4.74 Å². The van der Waals surface area contributed by atoms with Crippen LogP contribution in [0.3, 0.4) is 0 Å². The minimum Gasteiger partial charge on any atom is -0.477 e. The normalized spacial score (nSPS) is 11.4. The van der Waals surface area contributed by atoms with Crippen LogP contribution in [0, 0.1) is 11.6 Å². The van der Waals surface area contributed by atoms with E-state index >= 15 is 0 Å². The maximum absolute atomic E-state index is 13.9. The van der Waals surface area contributed by atoms with Crippen molar-refractivity contribution >= 4 is 17.6 Å². The molecule has 0 aliphatic rings. The van der Waals surface area contributed by atoms with Crippen molar-refractivity contribution in [1.82, 2.24) is 0 Å². The first-order valence-electron chi connectivity index (χ1n) is 5.87. The highest BCUT2D eigenvalue weighted by Gasteiger charge is 2.37. The van der Waals surface area contributed by atoms with Gasteiger partial charge in [0, 0.05) is 0 Å². The second-order valence-electron chi connectivity index (χ2n) is 4.28. The van der Waals surface area contributed by atoms with E-state index in [9.17, 15) is 26.7 Å². The molecule has 23 heavy (non-hydrogen) atoms. The zero-order valence-corrected chi connectivity index (χ0v) is 11.7. The zero-order chi connectivity index (χ0) is 17.4. The first kappa shape index (κ1) is 17.0. The molecular weight excluding hydrogens is 347 g/mol. The minimum absolute atomic E-state index is 0.241. The van der Waals surface area contributed by atoms with Crippen LogP contribution >= 0.6 is 11.6 Å². The molecule has 9 heteroatoms. The van der Waals surface area contributed by atoms with Gasteiger partial charge in [-0.2, -0.15) is 13.2 Å². The third-order valence-electron chi connectivity index (χ3n) is 2.74. The molecule has 1 N–H and O–H groups in total. The fourth-order valence-corrected chi connectivity index (χ4v) is 1.94. The predicted octanol–water partition coefficient (Wildman–Crippen LogP) is 5.13. The van der Waals surface area contributed by atoms with Gasteiger partial charge in [-0.25, -0.2) is 13.6 Å². The molecule has 2 rings (SSSR count). The molecule has 0 fully saturated rings. The highest BCUT2D eigenvalue weighted by Crippen LogP contribution is 2.38. The Hall–Kier alpha value is -2.35. The van der Waals surface area contributed by atoms with Crippen molar-refractivity contribution < 1.29 is 36.6 Å². The lowest BCUT2D eigenvalue weighted by molar-refractivity contribution is -0.140. The molecule has 0 aliphatic carbocycles. The molecule has 0 unspecified atom stereocenters. The Bertz CT molecular complexity index is 774. The second-order valence-corrected chi connectivity index (χ2v) is 4.69. The summed E-state index contributed by atoms with van der Waals surface area (Å²) in [6, 6.07) is 3.79. The SMILES string of the molecule is O=C(O)c1c(Oc2ccc(F)cc2Cl)ccc(C(F)(F)F)c1F. The number of carbonyl (C=O) groups is 1. The molecule has 0 aliphatic heterocycles. The number of hydrogen-bond acceptors (Lipinski definition) is 2. The van der Waals surface area contributed by atoms with Crippen LogP contribution in [-0.2, 0) is 6.18 Å². The van der Waals surface area contributed by atoms with E-state index in [-0.39, 0.29) is 10.8 Å². The molecule has 3 nitrogen and oxygen atoms in total. The van der Waals surface area contributed by atoms with Crippen LogP contribution in [0.2, 0.25) is 5.02 Å². The molecule has 0 bridgehead atoms. The van der Waals surface area contributed by atoms with Crippen molar-refractivity contribution in [3.8, 4) is 11.5 Å². The van der Waals surface area contributed by atoms with E-state index in [1.165, 1.54) is 0 Å². The Labute approximate surface area is 130 Å². The third kappa shape index (κ3) is 3.53. The first-order valence-corrected chi connectivity index (χ1v) is 6.25. The van der Waals surface area contributed by atoms with Crippen molar-refractivity contribution in [2.45, 2.75) is 6.18 Å². The van der Waals surface area contributed by atoms with Gasteiger partial charge in [0.2, 0.25) is 0 Å². The van der Waals surface area contributed by atoms with Crippen LogP contribution in [-0.4, -0.2) is 11.1 Å². The lowest BCUT2D eigenvalue weighted by atomic mass is 10.1. The van der Waals surface area contributed by atoms with Crippen LogP contribution in [0.5, 0.6) is 11.5 Å².